The quantitative estimate of drug-likeness (QED) is 0.709. The predicted octanol–water partition coefficient (Wildman–Crippen LogP) is 1.30. The van der Waals surface area contributed by atoms with Crippen LogP contribution in [0.5, 0.6) is 0 Å². The lowest BCUT2D eigenvalue weighted by Gasteiger charge is -2.12. The van der Waals surface area contributed by atoms with Crippen molar-refractivity contribution in [1.82, 2.24) is 0 Å². The van der Waals surface area contributed by atoms with Crippen LogP contribution in [-0.2, 0) is 18.9 Å². The van der Waals surface area contributed by atoms with Crippen LogP contribution in [0, 0.1) is 0 Å². The molecular formula is C8H15ClO4S2. The Hall–Kier alpha value is 0.190. The molecule has 0 atom stereocenters. The Morgan fingerprint density at radius 1 is 1.20 bits per heavy atom. The maximum absolute atomic E-state index is 11.5. The van der Waals surface area contributed by atoms with E-state index in [1.807, 2.05) is 0 Å². The molecule has 0 saturated heterocycles. The summed E-state index contributed by atoms with van der Waals surface area (Å²) in [6.45, 7) is 3.17. The molecule has 90 valence electrons. The van der Waals surface area contributed by atoms with E-state index >= 15 is 0 Å². The van der Waals surface area contributed by atoms with E-state index in [0.29, 0.717) is 12.8 Å². The fourth-order valence-electron chi connectivity index (χ4n) is 1.32. The van der Waals surface area contributed by atoms with Gasteiger partial charge < -0.3 is 0 Å². The Bertz CT molecular complexity index is 431. The van der Waals surface area contributed by atoms with Crippen molar-refractivity contribution in [3.8, 4) is 0 Å². The molecule has 0 aromatic carbocycles. The van der Waals surface area contributed by atoms with E-state index < -0.39 is 28.9 Å². The van der Waals surface area contributed by atoms with Gasteiger partial charge in [0.05, 0.1) is 15.7 Å². The van der Waals surface area contributed by atoms with Crippen molar-refractivity contribution >= 4 is 29.6 Å². The van der Waals surface area contributed by atoms with Gasteiger partial charge >= 0.3 is 0 Å². The highest BCUT2D eigenvalue weighted by Crippen LogP contribution is 2.48. The van der Waals surface area contributed by atoms with Gasteiger partial charge in [-0.15, -0.1) is 0 Å². The lowest BCUT2D eigenvalue weighted by atomic mass is 10.3. The van der Waals surface area contributed by atoms with Crippen molar-refractivity contribution in [2.75, 3.05) is 5.75 Å². The minimum absolute atomic E-state index is 0.101. The number of halogens is 1. The third-order valence-electron chi connectivity index (χ3n) is 2.89. The number of hydrogen-bond donors (Lipinski definition) is 0. The average Bonchev–Trinajstić information content (AvgIpc) is 2.79. The predicted molar refractivity (Wildman–Crippen MR) is 60.3 cm³/mol. The smallest absolute Gasteiger partial charge is 0.229 e. The zero-order chi connectivity index (χ0) is 11.9. The van der Waals surface area contributed by atoms with Crippen molar-refractivity contribution in [1.29, 1.82) is 0 Å². The second-order valence-electron chi connectivity index (χ2n) is 4.29. The van der Waals surface area contributed by atoms with Gasteiger partial charge in [0.2, 0.25) is 9.05 Å². The van der Waals surface area contributed by atoms with Crippen LogP contribution in [0.3, 0.4) is 0 Å². The molecule has 1 rings (SSSR count). The van der Waals surface area contributed by atoms with Gasteiger partial charge in [-0.3, -0.25) is 0 Å². The van der Waals surface area contributed by atoms with E-state index in [1.165, 1.54) is 0 Å². The Morgan fingerprint density at radius 3 is 1.93 bits per heavy atom. The molecule has 0 heterocycles. The lowest BCUT2D eigenvalue weighted by Crippen LogP contribution is -2.25. The average molecular weight is 275 g/mol. The van der Waals surface area contributed by atoms with Crippen molar-refractivity contribution in [2.45, 2.75) is 43.1 Å². The van der Waals surface area contributed by atoms with Crippen LogP contribution in [0.25, 0.3) is 0 Å². The third-order valence-corrected chi connectivity index (χ3v) is 7.72. The molecule has 0 N–H and O–H groups in total. The molecule has 0 amide bonds. The highest BCUT2D eigenvalue weighted by Gasteiger charge is 2.53. The summed E-state index contributed by atoms with van der Waals surface area (Å²) in [7, 11) is -1.53. The van der Waals surface area contributed by atoms with Crippen LogP contribution in [0.2, 0.25) is 0 Å². The van der Waals surface area contributed by atoms with Gasteiger partial charge in [-0.25, -0.2) is 16.8 Å². The maximum atomic E-state index is 11.5. The molecule has 0 aliphatic heterocycles. The molecular weight excluding hydrogens is 260 g/mol. The second-order valence-corrected chi connectivity index (χ2v) is 9.92. The second kappa shape index (κ2) is 3.89. The van der Waals surface area contributed by atoms with Crippen molar-refractivity contribution in [3.63, 3.8) is 0 Å². The molecule has 0 bridgehead atoms. The summed E-state index contributed by atoms with van der Waals surface area (Å²) in [4.78, 5) is 0. The Morgan fingerprint density at radius 2 is 1.67 bits per heavy atom. The molecule has 0 unspecified atom stereocenters. The summed E-state index contributed by atoms with van der Waals surface area (Å²) >= 11 is 0. The lowest BCUT2D eigenvalue weighted by molar-refractivity contribution is 0.574. The number of hydrogen-bond acceptors (Lipinski definition) is 4. The molecule has 0 aromatic rings. The van der Waals surface area contributed by atoms with Gasteiger partial charge in [0.1, 0.15) is 0 Å². The molecule has 1 fully saturated rings. The summed E-state index contributed by atoms with van der Waals surface area (Å²) < 4.78 is 44.4. The minimum atomic E-state index is -3.63. The first kappa shape index (κ1) is 13.3. The highest BCUT2D eigenvalue weighted by atomic mass is 35.7. The molecule has 0 radical (unpaired) electrons. The number of rotatable bonds is 5. The van der Waals surface area contributed by atoms with Crippen molar-refractivity contribution < 1.29 is 16.8 Å². The van der Waals surface area contributed by atoms with Gasteiger partial charge in [-0.1, -0.05) is 0 Å². The van der Waals surface area contributed by atoms with E-state index in [0.717, 1.165) is 0 Å². The first-order valence-electron chi connectivity index (χ1n) is 4.76. The van der Waals surface area contributed by atoms with Gasteiger partial charge in [0.15, 0.2) is 9.84 Å². The van der Waals surface area contributed by atoms with Crippen LogP contribution in [0.1, 0.15) is 33.1 Å². The zero-order valence-corrected chi connectivity index (χ0v) is 11.1. The van der Waals surface area contributed by atoms with Crippen LogP contribution < -0.4 is 0 Å². The summed E-state index contributed by atoms with van der Waals surface area (Å²) in [5.41, 5.74) is 0. The van der Waals surface area contributed by atoms with Gasteiger partial charge in [0, 0.05) is 10.7 Å². The van der Waals surface area contributed by atoms with Gasteiger partial charge in [-0.05, 0) is 33.1 Å². The molecule has 15 heavy (non-hydrogen) atoms. The molecule has 4 nitrogen and oxygen atoms in total. The molecule has 7 heteroatoms. The van der Waals surface area contributed by atoms with E-state index in [-0.39, 0.29) is 12.2 Å². The largest absolute Gasteiger partial charge is 0.238 e. The molecule has 0 spiro atoms. The monoisotopic (exact) mass is 274 g/mol. The standard InChI is InChI=1S/C8H15ClO4S2/c1-7(2)14(10,11)6-5-8(3-4-8)15(9,12)13/h7H,3-6H2,1-2H3. The first-order chi connectivity index (χ1) is 6.61. The normalized spacial score (nSPS) is 20.5. The Kier molecular flexibility index (Phi) is 3.44. The van der Waals surface area contributed by atoms with Crippen LogP contribution in [-0.4, -0.2) is 32.6 Å². The highest BCUT2D eigenvalue weighted by molar-refractivity contribution is 8.15. The Labute approximate surface area is 95.3 Å². The van der Waals surface area contributed by atoms with Gasteiger partial charge in [-0.2, -0.15) is 0 Å². The first-order valence-corrected chi connectivity index (χ1v) is 8.79. The molecule has 1 aliphatic carbocycles. The fraction of sp³-hybridized carbons (Fsp3) is 1.00. The topological polar surface area (TPSA) is 68.3 Å². The van der Waals surface area contributed by atoms with Gasteiger partial charge in [0.25, 0.3) is 0 Å². The SMILES string of the molecule is CC(C)S(=O)(=O)CCC1(S(=O)(=O)Cl)CC1. The summed E-state index contributed by atoms with van der Waals surface area (Å²) in [5.74, 6) is -0.101. The van der Waals surface area contributed by atoms with E-state index in [1.54, 1.807) is 13.8 Å². The summed E-state index contributed by atoms with van der Waals surface area (Å²) in [6.07, 6.45) is 1.08. The molecule has 1 saturated carbocycles. The van der Waals surface area contributed by atoms with Crippen molar-refractivity contribution in [3.05, 3.63) is 0 Å². The minimum Gasteiger partial charge on any atom is -0.229 e. The Balaban J connectivity index is 2.68. The molecule has 0 aromatic heterocycles. The van der Waals surface area contributed by atoms with Crippen molar-refractivity contribution in [2.24, 2.45) is 0 Å². The van der Waals surface area contributed by atoms with Crippen LogP contribution in [0.4, 0.5) is 0 Å². The maximum Gasteiger partial charge on any atom is 0.238 e. The summed E-state index contributed by atoms with van der Waals surface area (Å²) in [6, 6.07) is 0. The fourth-order valence-corrected chi connectivity index (χ4v) is 4.22. The van der Waals surface area contributed by atoms with E-state index in [9.17, 15) is 16.8 Å². The van der Waals surface area contributed by atoms with Crippen LogP contribution in [0.15, 0.2) is 0 Å². The molecule has 1 aliphatic rings. The zero-order valence-electron chi connectivity index (χ0n) is 8.73. The van der Waals surface area contributed by atoms with E-state index in [4.69, 9.17) is 10.7 Å². The van der Waals surface area contributed by atoms with Crippen LogP contribution >= 0.6 is 10.7 Å². The number of sulfone groups is 1. The third kappa shape index (κ3) is 2.85. The summed E-state index contributed by atoms with van der Waals surface area (Å²) in [5, 5.41) is -0.466. The van der Waals surface area contributed by atoms with E-state index in [2.05, 4.69) is 0 Å².